The fourth-order valence-electron chi connectivity index (χ4n) is 13.4. The van der Waals surface area contributed by atoms with Crippen LogP contribution in [0.15, 0.2) is 315 Å². The van der Waals surface area contributed by atoms with E-state index in [1.54, 1.807) is 0 Å². The van der Waals surface area contributed by atoms with E-state index < -0.39 is 5.41 Å². The van der Waals surface area contributed by atoms with E-state index in [4.69, 9.17) is 0 Å². The van der Waals surface area contributed by atoms with E-state index in [0.717, 1.165) is 34.1 Å². The molecule has 0 radical (unpaired) electrons. The van der Waals surface area contributed by atoms with Gasteiger partial charge >= 0.3 is 0 Å². The molecule has 2 aliphatic rings. The predicted octanol–water partition coefficient (Wildman–Crippen LogP) is 22.0. The van der Waals surface area contributed by atoms with Crippen molar-refractivity contribution in [2.24, 2.45) is 0 Å². The number of hydrogen-bond donors (Lipinski definition) is 0. The molecule has 0 saturated heterocycles. The second-order valence-electron chi connectivity index (χ2n) is 21.5. The summed E-state index contributed by atoms with van der Waals surface area (Å²) in [5.41, 5.74) is 25.7. The van der Waals surface area contributed by atoms with Crippen LogP contribution < -0.4 is 9.80 Å². The number of thiophene rings is 1. The lowest BCUT2D eigenvalue weighted by molar-refractivity contribution is 0.794. The number of anilines is 6. The maximum atomic E-state index is 2.59. The van der Waals surface area contributed by atoms with Gasteiger partial charge in [0.15, 0.2) is 0 Å². The largest absolute Gasteiger partial charge is 0.310 e. The molecule has 2 aliphatic carbocycles. The Hall–Kier alpha value is -10.3. The van der Waals surface area contributed by atoms with Crippen molar-refractivity contribution in [2.45, 2.75) is 5.41 Å². The van der Waals surface area contributed by atoms with Crippen molar-refractivity contribution >= 4 is 65.6 Å². The van der Waals surface area contributed by atoms with Crippen molar-refractivity contribution in [3.8, 4) is 66.8 Å². The molecule has 1 heterocycles. The van der Waals surface area contributed by atoms with Gasteiger partial charge in [-0.05, 0) is 162 Å². The number of rotatable bonds is 10. The lowest BCUT2D eigenvalue weighted by Crippen LogP contribution is -2.26. The highest BCUT2D eigenvalue weighted by Crippen LogP contribution is 2.66. The summed E-state index contributed by atoms with van der Waals surface area (Å²) in [5.74, 6) is 0. The van der Waals surface area contributed by atoms with Crippen LogP contribution in [0, 0.1) is 0 Å². The minimum absolute atomic E-state index is 0.681. The van der Waals surface area contributed by atoms with Crippen LogP contribution in [-0.4, -0.2) is 0 Å². The first-order chi connectivity index (χ1) is 40.7. The van der Waals surface area contributed by atoms with Crippen molar-refractivity contribution < 1.29 is 0 Å². The molecule has 0 bridgehead atoms. The number of nitrogens with zero attached hydrogens (tertiary/aromatic N) is 2. The molecule has 14 aromatic rings. The number of hydrogen-bond acceptors (Lipinski definition) is 3. The molecule has 0 N–H and O–H groups in total. The Bertz CT molecular complexity index is 4470. The van der Waals surface area contributed by atoms with E-state index in [-0.39, 0.29) is 0 Å². The normalized spacial score (nSPS) is 12.5. The van der Waals surface area contributed by atoms with Crippen LogP contribution in [0.2, 0.25) is 0 Å². The van der Waals surface area contributed by atoms with Crippen LogP contribution in [0.25, 0.3) is 86.9 Å². The highest BCUT2D eigenvalue weighted by Gasteiger charge is 2.53. The molecular weight excluding hydrogens is 1010 g/mol. The van der Waals surface area contributed by atoms with Crippen molar-refractivity contribution in [3.05, 3.63) is 338 Å². The second kappa shape index (κ2) is 19.5. The second-order valence-corrected chi connectivity index (χ2v) is 22.6. The molecule has 0 atom stereocenters. The molecule has 0 amide bonds. The Balaban J connectivity index is 0.962. The van der Waals surface area contributed by atoms with Crippen molar-refractivity contribution in [3.63, 3.8) is 0 Å². The smallest absolute Gasteiger partial charge is 0.0727 e. The van der Waals surface area contributed by atoms with Crippen LogP contribution >= 0.6 is 11.3 Å². The number of fused-ring (bicyclic) bond motifs is 14. The molecular formula is C79H52N2S. The van der Waals surface area contributed by atoms with Crippen LogP contribution in [0.1, 0.15) is 22.3 Å². The van der Waals surface area contributed by atoms with Crippen LogP contribution in [0.3, 0.4) is 0 Å². The molecule has 0 aliphatic heterocycles. The summed E-state index contributed by atoms with van der Waals surface area (Å²) >= 11 is 1.90. The summed E-state index contributed by atoms with van der Waals surface area (Å²) in [6.07, 6.45) is 0. The summed E-state index contributed by atoms with van der Waals surface area (Å²) in [4.78, 5) is 4.98. The average Bonchev–Trinajstić information content (AvgIpc) is 2.01. The average molecular weight is 1060 g/mol. The van der Waals surface area contributed by atoms with E-state index in [1.807, 2.05) is 11.3 Å². The molecule has 82 heavy (non-hydrogen) atoms. The molecule has 16 rings (SSSR count). The summed E-state index contributed by atoms with van der Waals surface area (Å²) in [5, 5.41) is 2.56. The van der Waals surface area contributed by atoms with E-state index >= 15 is 0 Å². The van der Waals surface area contributed by atoms with Gasteiger partial charge in [0.05, 0.1) is 15.8 Å². The van der Waals surface area contributed by atoms with Crippen molar-refractivity contribution in [1.29, 1.82) is 0 Å². The first-order valence-corrected chi connectivity index (χ1v) is 29.0. The van der Waals surface area contributed by atoms with Gasteiger partial charge in [-0.2, -0.15) is 0 Å². The minimum Gasteiger partial charge on any atom is -0.310 e. The molecule has 0 fully saturated rings. The van der Waals surface area contributed by atoms with Gasteiger partial charge in [0.1, 0.15) is 0 Å². The summed E-state index contributed by atoms with van der Waals surface area (Å²) in [6.45, 7) is 0. The fraction of sp³-hybridized carbons (Fsp3) is 0.0127. The Morgan fingerprint density at radius 1 is 0.256 bits per heavy atom. The van der Waals surface area contributed by atoms with Crippen LogP contribution in [0.5, 0.6) is 0 Å². The van der Waals surface area contributed by atoms with E-state index in [1.165, 1.54) is 109 Å². The van der Waals surface area contributed by atoms with Gasteiger partial charge in [-0.3, -0.25) is 0 Å². The molecule has 13 aromatic carbocycles. The molecule has 1 aromatic heterocycles. The van der Waals surface area contributed by atoms with Gasteiger partial charge in [-0.15, -0.1) is 11.3 Å². The monoisotopic (exact) mass is 1060 g/mol. The Morgan fingerprint density at radius 3 is 1.07 bits per heavy atom. The molecule has 384 valence electrons. The standard InChI is InChI=1S/C79H52N2S/c1-5-19-53(20-6-1)57-33-41-61(42-34-57)80(62-43-35-58(36-44-62)54-21-7-2-8-22-54)65-49-50-68-72(51-65)79(70-30-16-13-27-66(70)67-28-14-17-31-71(67)79)73-52-74(78-77(76(68)73)69-29-15-18-32-75(69)82-78)81(63-45-37-59(38-46-63)55-23-9-3-10-24-55)64-47-39-60(40-48-64)56-25-11-4-12-26-56/h1-52H. The SMILES string of the molecule is c1ccc(-c2ccc(N(c3ccc(-c4ccccc4)cc3)c3ccc4c(c3)C3(c5ccccc5-c5ccccc53)c3cc(N(c5ccc(-c6ccccc6)cc5)c5ccc(-c6ccccc6)cc5)c5sc6ccccc6c5c3-4)cc2)cc1. The van der Waals surface area contributed by atoms with Gasteiger partial charge in [0.2, 0.25) is 0 Å². The Labute approximate surface area is 482 Å². The van der Waals surface area contributed by atoms with Gasteiger partial charge in [0.25, 0.3) is 0 Å². The molecule has 1 spiro atoms. The van der Waals surface area contributed by atoms with Crippen molar-refractivity contribution in [2.75, 3.05) is 9.80 Å². The fourth-order valence-corrected chi connectivity index (χ4v) is 14.6. The zero-order valence-corrected chi connectivity index (χ0v) is 45.6. The third kappa shape index (κ3) is 7.62. The summed E-state index contributed by atoms with van der Waals surface area (Å²) in [7, 11) is 0. The third-order valence-electron chi connectivity index (χ3n) is 17.1. The van der Waals surface area contributed by atoms with Crippen LogP contribution in [-0.2, 0) is 5.41 Å². The predicted molar refractivity (Wildman–Crippen MR) is 347 cm³/mol. The summed E-state index contributed by atoms with van der Waals surface area (Å²) in [6, 6.07) is 117. The van der Waals surface area contributed by atoms with Gasteiger partial charge in [0, 0.05) is 43.9 Å². The number of benzene rings is 13. The Kier molecular flexibility index (Phi) is 11.3. The first kappa shape index (κ1) is 47.7. The van der Waals surface area contributed by atoms with Gasteiger partial charge in [-0.1, -0.05) is 243 Å². The Morgan fingerprint density at radius 2 is 0.622 bits per heavy atom. The van der Waals surface area contributed by atoms with Crippen molar-refractivity contribution in [1.82, 2.24) is 0 Å². The minimum atomic E-state index is -0.681. The zero-order chi connectivity index (χ0) is 54.1. The third-order valence-corrected chi connectivity index (χ3v) is 18.3. The quantitative estimate of drug-likeness (QED) is 0.135. The van der Waals surface area contributed by atoms with E-state index in [2.05, 4.69) is 325 Å². The van der Waals surface area contributed by atoms with Gasteiger partial charge < -0.3 is 9.80 Å². The lowest BCUT2D eigenvalue weighted by atomic mass is 9.70. The maximum absolute atomic E-state index is 2.59. The summed E-state index contributed by atoms with van der Waals surface area (Å²) < 4.78 is 2.52. The zero-order valence-electron chi connectivity index (χ0n) is 44.8. The van der Waals surface area contributed by atoms with Crippen LogP contribution in [0.4, 0.5) is 34.1 Å². The van der Waals surface area contributed by atoms with E-state index in [9.17, 15) is 0 Å². The highest BCUT2D eigenvalue weighted by atomic mass is 32.1. The maximum Gasteiger partial charge on any atom is 0.0727 e. The lowest BCUT2D eigenvalue weighted by Gasteiger charge is -2.33. The molecule has 0 saturated carbocycles. The molecule has 2 nitrogen and oxygen atoms in total. The molecule has 3 heteroatoms. The first-order valence-electron chi connectivity index (χ1n) is 28.2. The highest BCUT2D eigenvalue weighted by molar-refractivity contribution is 7.26. The van der Waals surface area contributed by atoms with E-state index in [0.29, 0.717) is 0 Å². The molecule has 0 unspecified atom stereocenters. The van der Waals surface area contributed by atoms with Gasteiger partial charge in [-0.25, -0.2) is 0 Å². The topological polar surface area (TPSA) is 6.48 Å².